The average Bonchev–Trinajstić information content (AvgIpc) is 3.36. The van der Waals surface area contributed by atoms with Gasteiger partial charge in [-0.1, -0.05) is 26.0 Å². The van der Waals surface area contributed by atoms with Gasteiger partial charge in [0.2, 0.25) is 5.96 Å². The fourth-order valence-corrected chi connectivity index (χ4v) is 3.75. The SMILES string of the molecule is Cc1nc(CN(Cc2ccc(OCC(C)C)cc2)C2=NC3(CCN(C)CC3)ON2)co1. The lowest BCUT2D eigenvalue weighted by Crippen LogP contribution is -2.43. The van der Waals surface area contributed by atoms with Gasteiger partial charge >= 0.3 is 0 Å². The lowest BCUT2D eigenvalue weighted by atomic mass is 10.0. The monoisotopic (exact) mass is 427 g/mol. The molecule has 2 aromatic rings. The molecule has 2 aliphatic heterocycles. The van der Waals surface area contributed by atoms with Crippen molar-refractivity contribution in [1.29, 1.82) is 0 Å². The van der Waals surface area contributed by atoms with Crippen LogP contribution in [0.15, 0.2) is 39.9 Å². The maximum absolute atomic E-state index is 5.99. The normalized spacial score (nSPS) is 18.3. The minimum absolute atomic E-state index is 0.478. The highest BCUT2D eigenvalue weighted by Gasteiger charge is 2.40. The molecule has 3 heterocycles. The predicted molar refractivity (Wildman–Crippen MR) is 118 cm³/mol. The zero-order valence-electron chi connectivity index (χ0n) is 18.9. The summed E-state index contributed by atoms with van der Waals surface area (Å²) >= 11 is 0. The van der Waals surface area contributed by atoms with Crippen LogP contribution in [0.3, 0.4) is 0 Å². The van der Waals surface area contributed by atoms with E-state index >= 15 is 0 Å². The van der Waals surface area contributed by atoms with Gasteiger partial charge in [0.15, 0.2) is 11.6 Å². The molecule has 0 atom stereocenters. The standard InChI is InChI=1S/C23H33N5O3/c1-17(2)15-30-21-7-5-19(6-8-21)13-28(14-20-16-29-18(3)24-20)22-25-23(31-26-22)9-11-27(4)12-10-23/h5-8,16-17H,9-15H2,1-4H3,(H,25,26). The second kappa shape index (κ2) is 9.28. The Bertz CT molecular complexity index is 885. The van der Waals surface area contributed by atoms with Gasteiger partial charge in [-0.05, 0) is 30.7 Å². The molecule has 1 aromatic heterocycles. The number of hydroxylamine groups is 1. The van der Waals surface area contributed by atoms with Crippen LogP contribution in [0.1, 0.15) is 43.8 Å². The molecule has 1 saturated heterocycles. The molecule has 2 aliphatic rings. The van der Waals surface area contributed by atoms with Crippen LogP contribution < -0.4 is 10.2 Å². The Balaban J connectivity index is 1.49. The van der Waals surface area contributed by atoms with E-state index < -0.39 is 5.72 Å². The molecule has 0 unspecified atom stereocenters. The lowest BCUT2D eigenvalue weighted by molar-refractivity contribution is -0.0875. The highest BCUT2D eigenvalue weighted by molar-refractivity contribution is 5.80. The third-order valence-electron chi connectivity index (χ3n) is 5.61. The van der Waals surface area contributed by atoms with Crippen LogP contribution in [0.4, 0.5) is 0 Å². The largest absolute Gasteiger partial charge is 0.493 e. The molecule has 0 bridgehead atoms. The molecule has 0 radical (unpaired) electrons. The van der Waals surface area contributed by atoms with Crippen LogP contribution in [-0.2, 0) is 17.9 Å². The Labute approximate surface area is 184 Å². The second-order valence-corrected chi connectivity index (χ2v) is 8.95. The summed E-state index contributed by atoms with van der Waals surface area (Å²) in [5.74, 6) is 2.79. The zero-order valence-corrected chi connectivity index (χ0v) is 18.9. The lowest BCUT2D eigenvalue weighted by Gasteiger charge is -2.33. The predicted octanol–water partition coefficient (Wildman–Crippen LogP) is 3.33. The molecular formula is C23H33N5O3. The molecule has 1 spiro atoms. The van der Waals surface area contributed by atoms with Crippen LogP contribution in [0.5, 0.6) is 5.75 Å². The van der Waals surface area contributed by atoms with Gasteiger partial charge in [-0.15, -0.1) is 0 Å². The Morgan fingerprint density at radius 3 is 2.58 bits per heavy atom. The van der Waals surface area contributed by atoms with E-state index in [1.807, 2.05) is 19.1 Å². The van der Waals surface area contributed by atoms with Gasteiger partial charge in [0.25, 0.3) is 0 Å². The quantitative estimate of drug-likeness (QED) is 0.726. The summed E-state index contributed by atoms with van der Waals surface area (Å²) in [6.07, 6.45) is 3.45. The van der Waals surface area contributed by atoms with Crippen molar-refractivity contribution in [3.05, 3.63) is 47.7 Å². The number of aliphatic imine (C=N–C) groups is 1. The Kier molecular flexibility index (Phi) is 6.48. The summed E-state index contributed by atoms with van der Waals surface area (Å²) in [5.41, 5.74) is 4.64. The van der Waals surface area contributed by atoms with Crippen molar-refractivity contribution in [1.82, 2.24) is 20.3 Å². The zero-order chi connectivity index (χ0) is 21.8. The number of nitrogens with one attached hydrogen (secondary N) is 1. The molecule has 0 aliphatic carbocycles. The Hall–Kier alpha value is -2.58. The number of aromatic nitrogens is 1. The second-order valence-electron chi connectivity index (χ2n) is 8.95. The van der Waals surface area contributed by atoms with E-state index in [1.54, 1.807) is 6.26 Å². The highest BCUT2D eigenvalue weighted by atomic mass is 16.7. The molecule has 1 N–H and O–H groups in total. The first-order valence-corrected chi connectivity index (χ1v) is 11.0. The van der Waals surface area contributed by atoms with Crippen molar-refractivity contribution in [2.24, 2.45) is 10.9 Å². The number of hydrogen-bond acceptors (Lipinski definition) is 8. The first kappa shape index (κ1) is 21.6. The maximum Gasteiger partial charge on any atom is 0.222 e. The van der Waals surface area contributed by atoms with Crippen molar-refractivity contribution in [3.8, 4) is 5.75 Å². The summed E-state index contributed by atoms with van der Waals surface area (Å²) in [6, 6.07) is 8.24. The minimum atomic E-state index is -0.478. The molecule has 168 valence electrons. The third kappa shape index (κ3) is 5.57. The number of guanidine groups is 1. The van der Waals surface area contributed by atoms with Crippen LogP contribution in [0, 0.1) is 12.8 Å². The van der Waals surface area contributed by atoms with Crippen molar-refractivity contribution in [2.75, 3.05) is 26.7 Å². The van der Waals surface area contributed by atoms with Gasteiger partial charge in [0, 0.05) is 39.4 Å². The van der Waals surface area contributed by atoms with Crippen LogP contribution in [0.25, 0.3) is 0 Å². The fourth-order valence-electron chi connectivity index (χ4n) is 3.75. The summed E-state index contributed by atoms with van der Waals surface area (Å²) < 4.78 is 11.2. The van der Waals surface area contributed by atoms with E-state index in [0.717, 1.165) is 48.9 Å². The fraction of sp³-hybridized carbons (Fsp3) is 0.565. The Morgan fingerprint density at radius 1 is 1.19 bits per heavy atom. The first-order chi connectivity index (χ1) is 14.9. The molecule has 31 heavy (non-hydrogen) atoms. The molecule has 1 fully saturated rings. The number of ether oxygens (including phenoxy) is 1. The number of oxazole rings is 1. The van der Waals surface area contributed by atoms with Gasteiger partial charge in [0.05, 0.1) is 18.8 Å². The van der Waals surface area contributed by atoms with Gasteiger partial charge in [-0.3, -0.25) is 0 Å². The smallest absolute Gasteiger partial charge is 0.222 e. The van der Waals surface area contributed by atoms with Gasteiger partial charge in [0.1, 0.15) is 12.0 Å². The number of likely N-dealkylation sites (tertiary alicyclic amines) is 1. The minimum Gasteiger partial charge on any atom is -0.493 e. The van der Waals surface area contributed by atoms with Gasteiger partial charge < -0.3 is 19.0 Å². The average molecular weight is 428 g/mol. The van der Waals surface area contributed by atoms with E-state index in [0.29, 0.717) is 31.5 Å². The maximum atomic E-state index is 5.99. The molecular weight excluding hydrogens is 394 g/mol. The molecule has 0 saturated carbocycles. The van der Waals surface area contributed by atoms with E-state index in [1.165, 1.54) is 0 Å². The number of nitrogens with zero attached hydrogens (tertiary/aromatic N) is 4. The summed E-state index contributed by atoms with van der Waals surface area (Å²) in [4.78, 5) is 19.9. The van der Waals surface area contributed by atoms with Crippen molar-refractivity contribution in [3.63, 3.8) is 0 Å². The molecule has 1 aromatic carbocycles. The van der Waals surface area contributed by atoms with Crippen LogP contribution >= 0.6 is 0 Å². The number of piperidine rings is 1. The molecule has 8 heteroatoms. The van der Waals surface area contributed by atoms with Crippen LogP contribution in [-0.4, -0.2) is 53.2 Å². The topological polar surface area (TPSA) is 75.4 Å². The summed E-state index contributed by atoms with van der Waals surface area (Å²) in [7, 11) is 2.13. The first-order valence-electron chi connectivity index (χ1n) is 11.0. The summed E-state index contributed by atoms with van der Waals surface area (Å²) in [5, 5.41) is 0. The molecule has 4 rings (SSSR count). The van der Waals surface area contributed by atoms with E-state index in [9.17, 15) is 0 Å². The van der Waals surface area contributed by atoms with Gasteiger partial charge in [-0.25, -0.2) is 20.3 Å². The highest BCUT2D eigenvalue weighted by Crippen LogP contribution is 2.30. The number of aryl methyl sites for hydroxylation is 1. The van der Waals surface area contributed by atoms with Crippen molar-refractivity contribution >= 4 is 5.96 Å². The molecule has 0 amide bonds. The van der Waals surface area contributed by atoms with Crippen molar-refractivity contribution in [2.45, 2.75) is 52.4 Å². The van der Waals surface area contributed by atoms with E-state index in [-0.39, 0.29) is 0 Å². The van der Waals surface area contributed by atoms with Crippen molar-refractivity contribution < 1.29 is 14.0 Å². The molecule has 8 nitrogen and oxygen atoms in total. The van der Waals surface area contributed by atoms with Crippen LogP contribution in [0.2, 0.25) is 0 Å². The number of rotatable bonds is 7. The number of hydrogen-bond donors (Lipinski definition) is 1. The Morgan fingerprint density at radius 2 is 1.94 bits per heavy atom. The van der Waals surface area contributed by atoms with E-state index in [2.05, 4.69) is 53.3 Å². The third-order valence-corrected chi connectivity index (χ3v) is 5.61. The summed E-state index contributed by atoms with van der Waals surface area (Å²) in [6.45, 7) is 10.0. The van der Waals surface area contributed by atoms with E-state index in [4.69, 9.17) is 19.0 Å². The number of benzene rings is 1. The van der Waals surface area contributed by atoms with Gasteiger partial charge in [-0.2, -0.15) is 0 Å².